The first kappa shape index (κ1) is 14.3. The van der Waals surface area contributed by atoms with E-state index >= 15 is 0 Å². The van der Waals surface area contributed by atoms with E-state index in [1.807, 2.05) is 11.8 Å². The van der Waals surface area contributed by atoms with Gasteiger partial charge >= 0.3 is 0 Å². The molecule has 19 heavy (non-hydrogen) atoms. The summed E-state index contributed by atoms with van der Waals surface area (Å²) in [7, 11) is 0. The van der Waals surface area contributed by atoms with Gasteiger partial charge in [0.05, 0.1) is 5.41 Å². The van der Waals surface area contributed by atoms with E-state index in [4.69, 9.17) is 0 Å². The predicted molar refractivity (Wildman–Crippen MR) is 73.6 cm³/mol. The number of carbonyl (C=O) groups is 2. The van der Waals surface area contributed by atoms with Crippen molar-refractivity contribution in [1.29, 1.82) is 0 Å². The lowest BCUT2D eigenvalue weighted by molar-refractivity contribution is -0.132. The van der Waals surface area contributed by atoms with Crippen molar-refractivity contribution in [3.63, 3.8) is 0 Å². The standard InChI is InChI=1S/C14H25N3O2/c1-3-14(6-7-15-10-14)13(19)16-11(2)9-17-8-4-5-12(17)18/h11,15H,3-10H2,1-2H3,(H,16,19). The van der Waals surface area contributed by atoms with E-state index in [0.29, 0.717) is 13.0 Å². The number of amides is 2. The summed E-state index contributed by atoms with van der Waals surface area (Å²) in [6.45, 7) is 7.21. The summed E-state index contributed by atoms with van der Waals surface area (Å²) in [5.74, 6) is 0.355. The van der Waals surface area contributed by atoms with Crippen LogP contribution in [0.3, 0.4) is 0 Å². The molecule has 2 heterocycles. The molecule has 108 valence electrons. The molecule has 2 atom stereocenters. The normalized spacial score (nSPS) is 28.7. The number of rotatable bonds is 5. The highest BCUT2D eigenvalue weighted by molar-refractivity contribution is 5.83. The summed E-state index contributed by atoms with van der Waals surface area (Å²) >= 11 is 0. The number of likely N-dealkylation sites (tertiary alicyclic amines) is 1. The number of nitrogens with one attached hydrogen (secondary N) is 2. The van der Waals surface area contributed by atoms with E-state index in [2.05, 4.69) is 17.6 Å². The van der Waals surface area contributed by atoms with Gasteiger partial charge in [0.2, 0.25) is 11.8 Å². The zero-order valence-corrected chi connectivity index (χ0v) is 12.0. The molecule has 0 aromatic rings. The van der Waals surface area contributed by atoms with Gasteiger partial charge in [-0.3, -0.25) is 9.59 Å². The molecule has 0 aromatic heterocycles. The lowest BCUT2D eigenvalue weighted by Crippen LogP contribution is -2.49. The van der Waals surface area contributed by atoms with Crippen molar-refractivity contribution in [2.45, 2.75) is 45.6 Å². The summed E-state index contributed by atoms with van der Waals surface area (Å²) in [6, 6.07) is 0.0265. The van der Waals surface area contributed by atoms with Crippen LogP contribution in [0, 0.1) is 5.41 Å². The molecule has 2 fully saturated rings. The van der Waals surface area contributed by atoms with E-state index in [0.717, 1.165) is 38.9 Å². The first-order valence-electron chi connectivity index (χ1n) is 7.37. The Labute approximate surface area is 115 Å². The number of carbonyl (C=O) groups excluding carboxylic acids is 2. The molecule has 2 unspecified atom stereocenters. The Hall–Kier alpha value is -1.10. The van der Waals surface area contributed by atoms with E-state index in [1.165, 1.54) is 0 Å². The van der Waals surface area contributed by atoms with Gasteiger partial charge in [0, 0.05) is 32.1 Å². The van der Waals surface area contributed by atoms with Gasteiger partial charge in [-0.1, -0.05) is 6.92 Å². The largest absolute Gasteiger partial charge is 0.351 e. The summed E-state index contributed by atoms with van der Waals surface area (Å²) in [5, 5.41) is 6.36. The lowest BCUT2D eigenvalue weighted by atomic mass is 9.83. The Bertz CT molecular complexity index is 351. The SMILES string of the molecule is CCC1(C(=O)NC(C)CN2CCCC2=O)CCNC1. The maximum atomic E-state index is 12.4. The third-order valence-electron chi connectivity index (χ3n) is 4.45. The van der Waals surface area contributed by atoms with Gasteiger partial charge in [-0.2, -0.15) is 0 Å². The molecular weight excluding hydrogens is 242 g/mol. The fourth-order valence-corrected chi connectivity index (χ4v) is 3.05. The maximum Gasteiger partial charge on any atom is 0.227 e. The van der Waals surface area contributed by atoms with Crippen molar-refractivity contribution < 1.29 is 9.59 Å². The second-order valence-corrected chi connectivity index (χ2v) is 5.88. The molecule has 0 aromatic carbocycles. The zero-order chi connectivity index (χ0) is 13.9. The highest BCUT2D eigenvalue weighted by Crippen LogP contribution is 2.29. The predicted octanol–water partition coefficient (Wildman–Crippen LogP) is 0.503. The summed E-state index contributed by atoms with van der Waals surface area (Å²) in [5.41, 5.74) is -0.247. The minimum absolute atomic E-state index is 0.0265. The smallest absolute Gasteiger partial charge is 0.227 e. The third kappa shape index (κ3) is 3.08. The number of hydrogen-bond donors (Lipinski definition) is 2. The molecule has 5 heteroatoms. The Kier molecular flexibility index (Phi) is 4.45. The topological polar surface area (TPSA) is 61.4 Å². The number of hydrogen-bond acceptors (Lipinski definition) is 3. The molecule has 0 radical (unpaired) electrons. The lowest BCUT2D eigenvalue weighted by Gasteiger charge is -2.29. The molecule has 2 aliphatic rings. The van der Waals surface area contributed by atoms with Crippen LogP contribution < -0.4 is 10.6 Å². The van der Waals surface area contributed by atoms with Crippen molar-refractivity contribution in [2.24, 2.45) is 5.41 Å². The van der Waals surface area contributed by atoms with E-state index in [-0.39, 0.29) is 23.3 Å². The van der Waals surface area contributed by atoms with Gasteiger partial charge in [0.15, 0.2) is 0 Å². The molecule has 2 aliphatic heterocycles. The Morgan fingerprint density at radius 3 is 2.89 bits per heavy atom. The second kappa shape index (κ2) is 5.90. The summed E-state index contributed by atoms with van der Waals surface area (Å²) in [6.07, 6.45) is 3.37. The fraction of sp³-hybridized carbons (Fsp3) is 0.857. The molecule has 0 aliphatic carbocycles. The monoisotopic (exact) mass is 267 g/mol. The molecule has 0 spiro atoms. The van der Waals surface area contributed by atoms with Crippen LogP contribution in [0.25, 0.3) is 0 Å². The van der Waals surface area contributed by atoms with Gasteiger partial charge in [-0.25, -0.2) is 0 Å². The number of nitrogens with zero attached hydrogens (tertiary/aromatic N) is 1. The molecular formula is C14H25N3O2. The van der Waals surface area contributed by atoms with Gasteiger partial charge in [0.25, 0.3) is 0 Å². The molecule has 0 saturated carbocycles. The van der Waals surface area contributed by atoms with Crippen LogP contribution in [0.4, 0.5) is 0 Å². The van der Waals surface area contributed by atoms with Gasteiger partial charge in [-0.15, -0.1) is 0 Å². The van der Waals surface area contributed by atoms with Crippen molar-refractivity contribution in [3.8, 4) is 0 Å². The molecule has 2 amide bonds. The molecule has 2 rings (SSSR count). The highest BCUT2D eigenvalue weighted by atomic mass is 16.2. The average molecular weight is 267 g/mol. The van der Waals surface area contributed by atoms with Gasteiger partial charge in [0.1, 0.15) is 0 Å². The van der Waals surface area contributed by atoms with Crippen molar-refractivity contribution in [3.05, 3.63) is 0 Å². The van der Waals surface area contributed by atoms with Gasteiger partial charge < -0.3 is 15.5 Å². The van der Waals surface area contributed by atoms with Crippen LogP contribution >= 0.6 is 0 Å². The van der Waals surface area contributed by atoms with Crippen molar-refractivity contribution in [1.82, 2.24) is 15.5 Å². The van der Waals surface area contributed by atoms with Crippen molar-refractivity contribution in [2.75, 3.05) is 26.2 Å². The van der Waals surface area contributed by atoms with Gasteiger partial charge in [-0.05, 0) is 32.7 Å². The minimum Gasteiger partial charge on any atom is -0.351 e. The first-order chi connectivity index (χ1) is 9.07. The van der Waals surface area contributed by atoms with Crippen LogP contribution in [0.15, 0.2) is 0 Å². The summed E-state index contributed by atoms with van der Waals surface area (Å²) < 4.78 is 0. The third-order valence-corrected chi connectivity index (χ3v) is 4.45. The Balaban J connectivity index is 1.85. The maximum absolute atomic E-state index is 12.4. The van der Waals surface area contributed by atoms with E-state index in [9.17, 15) is 9.59 Å². The van der Waals surface area contributed by atoms with Crippen LogP contribution in [0.1, 0.15) is 39.5 Å². The van der Waals surface area contributed by atoms with Crippen LogP contribution in [0.2, 0.25) is 0 Å². The second-order valence-electron chi connectivity index (χ2n) is 5.88. The van der Waals surface area contributed by atoms with E-state index in [1.54, 1.807) is 0 Å². The Morgan fingerprint density at radius 1 is 1.58 bits per heavy atom. The van der Waals surface area contributed by atoms with E-state index < -0.39 is 0 Å². The Morgan fingerprint density at radius 2 is 2.37 bits per heavy atom. The zero-order valence-electron chi connectivity index (χ0n) is 12.0. The molecule has 5 nitrogen and oxygen atoms in total. The minimum atomic E-state index is -0.247. The van der Waals surface area contributed by atoms with Crippen LogP contribution in [-0.4, -0.2) is 48.9 Å². The van der Waals surface area contributed by atoms with Crippen LogP contribution in [0.5, 0.6) is 0 Å². The summed E-state index contributed by atoms with van der Waals surface area (Å²) in [4.78, 5) is 25.8. The quantitative estimate of drug-likeness (QED) is 0.762. The molecule has 2 N–H and O–H groups in total. The molecule has 0 bridgehead atoms. The fourth-order valence-electron chi connectivity index (χ4n) is 3.05. The molecule has 2 saturated heterocycles. The first-order valence-corrected chi connectivity index (χ1v) is 7.37. The highest BCUT2D eigenvalue weighted by Gasteiger charge is 2.39. The van der Waals surface area contributed by atoms with Crippen molar-refractivity contribution >= 4 is 11.8 Å². The average Bonchev–Trinajstić information content (AvgIpc) is 3.00. The van der Waals surface area contributed by atoms with Crippen LogP contribution in [-0.2, 0) is 9.59 Å².